The average molecular weight is 342 g/mol. The predicted molar refractivity (Wildman–Crippen MR) is 101 cm³/mol. The van der Waals surface area contributed by atoms with Gasteiger partial charge in [0.25, 0.3) is 0 Å². The number of para-hydroxylation sites is 1. The number of hydrogen-bond acceptors (Lipinski definition) is 3. The molecule has 3 nitrogen and oxygen atoms in total. The average Bonchev–Trinajstić information content (AvgIpc) is 2.58. The van der Waals surface area contributed by atoms with Crippen LogP contribution in [0, 0.1) is 12.7 Å². The summed E-state index contributed by atoms with van der Waals surface area (Å²) >= 11 is 0. The summed E-state index contributed by atoms with van der Waals surface area (Å²) in [6, 6.07) is 11.0. The quantitative estimate of drug-likeness (QED) is 0.898. The largest absolute Gasteiger partial charge is 0.508 e. The number of rotatable bonds is 4. The van der Waals surface area contributed by atoms with Gasteiger partial charge in [0.2, 0.25) is 0 Å². The highest BCUT2D eigenvalue weighted by Gasteiger charge is 2.20. The summed E-state index contributed by atoms with van der Waals surface area (Å²) in [6.45, 7) is 10.4. The second kappa shape index (κ2) is 7.44. The van der Waals surface area contributed by atoms with Crippen molar-refractivity contribution in [3.63, 3.8) is 0 Å². The third-order valence-electron chi connectivity index (χ3n) is 5.05. The number of aryl methyl sites for hydroxylation is 1. The number of phenolic OH excluding ortho intramolecular Hbond substituents is 1. The lowest BCUT2D eigenvalue weighted by Crippen LogP contribution is -2.46. The van der Waals surface area contributed by atoms with Crippen LogP contribution in [0.3, 0.4) is 0 Å². The number of benzene rings is 2. The SMILES string of the molecule is Cc1cc(O)c(CN2CCN(c3ccccc3F)CC2)cc1C(C)C. The molecule has 0 radical (unpaired) electrons. The Morgan fingerprint density at radius 2 is 1.76 bits per heavy atom. The Labute approximate surface area is 149 Å². The normalized spacial score (nSPS) is 15.8. The Balaban J connectivity index is 1.67. The van der Waals surface area contributed by atoms with E-state index >= 15 is 0 Å². The van der Waals surface area contributed by atoms with Crippen molar-refractivity contribution in [3.05, 3.63) is 58.9 Å². The maximum Gasteiger partial charge on any atom is 0.146 e. The molecule has 1 N–H and O–H groups in total. The van der Waals surface area contributed by atoms with Crippen LogP contribution in [0.5, 0.6) is 5.75 Å². The minimum absolute atomic E-state index is 0.159. The van der Waals surface area contributed by atoms with Crippen LogP contribution in [-0.4, -0.2) is 36.2 Å². The van der Waals surface area contributed by atoms with Gasteiger partial charge in [0.15, 0.2) is 0 Å². The first kappa shape index (κ1) is 17.7. The molecular weight excluding hydrogens is 315 g/mol. The number of piperazine rings is 1. The molecule has 1 fully saturated rings. The van der Waals surface area contributed by atoms with Crippen molar-refractivity contribution in [1.29, 1.82) is 0 Å². The number of nitrogens with zero attached hydrogens (tertiary/aromatic N) is 2. The van der Waals surface area contributed by atoms with Gasteiger partial charge in [-0.1, -0.05) is 32.0 Å². The predicted octanol–water partition coefficient (Wildman–Crippen LogP) is 4.29. The Morgan fingerprint density at radius 3 is 2.40 bits per heavy atom. The van der Waals surface area contributed by atoms with Crippen LogP contribution in [0.25, 0.3) is 0 Å². The van der Waals surface area contributed by atoms with Crippen molar-refractivity contribution >= 4 is 5.69 Å². The molecule has 4 heteroatoms. The van der Waals surface area contributed by atoms with Gasteiger partial charge >= 0.3 is 0 Å². The van der Waals surface area contributed by atoms with E-state index in [9.17, 15) is 9.50 Å². The Bertz CT molecular complexity index is 737. The maximum absolute atomic E-state index is 13.9. The number of phenols is 1. The highest BCUT2D eigenvalue weighted by Crippen LogP contribution is 2.29. The van der Waals surface area contributed by atoms with Gasteiger partial charge in [0.1, 0.15) is 11.6 Å². The van der Waals surface area contributed by atoms with E-state index in [-0.39, 0.29) is 5.82 Å². The first-order chi connectivity index (χ1) is 12.0. The number of anilines is 1. The van der Waals surface area contributed by atoms with E-state index in [1.54, 1.807) is 6.07 Å². The van der Waals surface area contributed by atoms with Gasteiger partial charge in [0.05, 0.1) is 5.69 Å². The molecule has 3 rings (SSSR count). The summed E-state index contributed by atoms with van der Waals surface area (Å²) in [5.41, 5.74) is 4.09. The van der Waals surface area contributed by atoms with Crippen molar-refractivity contribution in [1.82, 2.24) is 4.90 Å². The van der Waals surface area contributed by atoms with E-state index in [1.165, 1.54) is 11.6 Å². The fourth-order valence-corrected chi connectivity index (χ4v) is 3.60. The fraction of sp³-hybridized carbons (Fsp3) is 0.429. The van der Waals surface area contributed by atoms with Crippen LogP contribution in [0.15, 0.2) is 36.4 Å². The molecule has 0 saturated carbocycles. The first-order valence-corrected chi connectivity index (χ1v) is 9.00. The minimum atomic E-state index is -0.159. The van der Waals surface area contributed by atoms with E-state index < -0.39 is 0 Å². The molecule has 25 heavy (non-hydrogen) atoms. The summed E-state index contributed by atoms with van der Waals surface area (Å²) in [4.78, 5) is 4.42. The molecule has 1 aliphatic rings. The van der Waals surface area contributed by atoms with Crippen molar-refractivity contribution in [3.8, 4) is 5.75 Å². The molecular formula is C21H27FN2O. The van der Waals surface area contributed by atoms with Crippen LogP contribution in [0.1, 0.15) is 36.5 Å². The molecule has 0 spiro atoms. The highest BCUT2D eigenvalue weighted by atomic mass is 19.1. The molecule has 1 heterocycles. The van der Waals surface area contributed by atoms with Crippen molar-refractivity contribution < 1.29 is 9.50 Å². The highest BCUT2D eigenvalue weighted by molar-refractivity contribution is 5.48. The molecule has 0 aromatic heterocycles. The van der Waals surface area contributed by atoms with Crippen LogP contribution < -0.4 is 4.90 Å². The van der Waals surface area contributed by atoms with Gasteiger partial charge in [-0.25, -0.2) is 4.39 Å². The summed E-state index contributed by atoms with van der Waals surface area (Å²) in [7, 11) is 0. The lowest BCUT2D eigenvalue weighted by molar-refractivity contribution is 0.246. The van der Waals surface area contributed by atoms with E-state index in [4.69, 9.17) is 0 Å². The van der Waals surface area contributed by atoms with Gasteiger partial charge < -0.3 is 10.0 Å². The van der Waals surface area contributed by atoms with Gasteiger partial charge in [-0.15, -0.1) is 0 Å². The van der Waals surface area contributed by atoms with E-state index in [1.807, 2.05) is 25.1 Å². The Hall–Kier alpha value is -2.07. The third kappa shape index (κ3) is 3.96. The Kier molecular flexibility index (Phi) is 5.28. The molecule has 2 aromatic rings. The zero-order chi connectivity index (χ0) is 18.0. The van der Waals surface area contributed by atoms with Gasteiger partial charge in [-0.05, 0) is 42.2 Å². The number of halogens is 1. The minimum Gasteiger partial charge on any atom is -0.508 e. The molecule has 0 unspecified atom stereocenters. The number of hydrogen-bond donors (Lipinski definition) is 1. The smallest absolute Gasteiger partial charge is 0.146 e. The molecule has 0 bridgehead atoms. The van der Waals surface area contributed by atoms with Crippen LogP contribution in [0.2, 0.25) is 0 Å². The lowest BCUT2D eigenvalue weighted by Gasteiger charge is -2.36. The van der Waals surface area contributed by atoms with Crippen LogP contribution in [-0.2, 0) is 6.54 Å². The summed E-state index contributed by atoms with van der Waals surface area (Å²) < 4.78 is 13.9. The van der Waals surface area contributed by atoms with E-state index in [0.29, 0.717) is 17.4 Å². The van der Waals surface area contributed by atoms with Crippen molar-refractivity contribution in [2.45, 2.75) is 33.2 Å². The second-order valence-corrected chi connectivity index (χ2v) is 7.21. The van der Waals surface area contributed by atoms with Crippen molar-refractivity contribution in [2.75, 3.05) is 31.1 Å². The molecule has 2 aromatic carbocycles. The topological polar surface area (TPSA) is 26.7 Å². The molecule has 0 amide bonds. The van der Waals surface area contributed by atoms with Crippen LogP contribution >= 0.6 is 0 Å². The monoisotopic (exact) mass is 342 g/mol. The van der Waals surface area contributed by atoms with E-state index in [0.717, 1.165) is 43.9 Å². The standard InChI is InChI=1S/C21H27FN2O/c1-15(2)18-13-17(21(25)12-16(18)3)14-23-8-10-24(11-9-23)20-7-5-4-6-19(20)22/h4-7,12-13,15,25H,8-11,14H2,1-3H3. The summed E-state index contributed by atoms with van der Waals surface area (Å²) in [5.74, 6) is 0.657. The molecule has 1 saturated heterocycles. The summed E-state index contributed by atoms with van der Waals surface area (Å²) in [6.07, 6.45) is 0. The van der Waals surface area contributed by atoms with Gasteiger partial charge in [0, 0.05) is 38.3 Å². The summed E-state index contributed by atoms with van der Waals surface area (Å²) in [5, 5.41) is 10.3. The van der Waals surface area contributed by atoms with E-state index in [2.05, 4.69) is 29.7 Å². The second-order valence-electron chi connectivity index (χ2n) is 7.21. The van der Waals surface area contributed by atoms with Crippen molar-refractivity contribution in [2.24, 2.45) is 0 Å². The van der Waals surface area contributed by atoms with Crippen LogP contribution in [0.4, 0.5) is 10.1 Å². The fourth-order valence-electron chi connectivity index (χ4n) is 3.60. The maximum atomic E-state index is 13.9. The van der Waals surface area contributed by atoms with Gasteiger partial charge in [-0.3, -0.25) is 4.90 Å². The molecule has 1 aliphatic heterocycles. The Morgan fingerprint density at radius 1 is 1.08 bits per heavy atom. The zero-order valence-corrected chi connectivity index (χ0v) is 15.3. The number of aromatic hydroxyl groups is 1. The molecule has 0 aliphatic carbocycles. The first-order valence-electron chi connectivity index (χ1n) is 9.00. The zero-order valence-electron chi connectivity index (χ0n) is 15.3. The molecule has 134 valence electrons. The molecule has 0 atom stereocenters. The third-order valence-corrected chi connectivity index (χ3v) is 5.05. The lowest BCUT2D eigenvalue weighted by atomic mass is 9.95. The van der Waals surface area contributed by atoms with Gasteiger partial charge in [-0.2, -0.15) is 0 Å².